The summed E-state index contributed by atoms with van der Waals surface area (Å²) in [6.07, 6.45) is 0. The molecule has 0 aliphatic carbocycles. The zero-order valence-corrected chi connectivity index (χ0v) is 21.0. The number of nitrogens with one attached hydrogen (secondary N) is 1. The van der Waals surface area contributed by atoms with Crippen molar-refractivity contribution in [1.82, 2.24) is 14.8 Å². The molecule has 3 aromatic carbocycles. The quantitative estimate of drug-likeness (QED) is 0.253. The first-order valence-corrected chi connectivity index (χ1v) is 12.4. The molecular formula is C27H26N4O4S. The average Bonchev–Trinajstić information content (AvgIpc) is 3.27. The molecule has 1 amide bonds. The molecule has 1 heterocycles. The van der Waals surface area contributed by atoms with Crippen LogP contribution in [0.3, 0.4) is 0 Å². The number of nitrogens with zero attached hydrogens (tertiary/aromatic N) is 3. The molecule has 0 bridgehead atoms. The number of benzene rings is 3. The maximum absolute atomic E-state index is 12.7. The maximum atomic E-state index is 12.7. The van der Waals surface area contributed by atoms with Gasteiger partial charge in [-0.1, -0.05) is 41.6 Å². The van der Waals surface area contributed by atoms with Gasteiger partial charge < -0.3 is 15.2 Å². The Morgan fingerprint density at radius 1 is 1.03 bits per heavy atom. The minimum Gasteiger partial charge on any atom is -0.507 e. The number of para-hydroxylation sites is 1. The fraction of sp³-hybridized carbons (Fsp3) is 0.185. The molecule has 0 radical (unpaired) electrons. The molecule has 0 fully saturated rings. The van der Waals surface area contributed by atoms with Crippen LogP contribution in [0, 0.1) is 13.8 Å². The molecule has 4 rings (SSSR count). The van der Waals surface area contributed by atoms with Crippen LogP contribution in [-0.2, 0) is 9.53 Å². The predicted molar refractivity (Wildman–Crippen MR) is 140 cm³/mol. The lowest BCUT2D eigenvalue weighted by molar-refractivity contribution is -0.113. The van der Waals surface area contributed by atoms with Gasteiger partial charge in [0.15, 0.2) is 11.0 Å². The lowest BCUT2D eigenvalue weighted by Crippen LogP contribution is -2.15. The first-order chi connectivity index (χ1) is 17.4. The average molecular weight is 503 g/mol. The van der Waals surface area contributed by atoms with Crippen LogP contribution in [0.25, 0.3) is 17.1 Å². The SMILES string of the molecule is CCOC(=O)c1ccc(NC(=O)CSc2nnc(-c3ccccc3O)n2-c2ccc(C)cc2C)cc1. The smallest absolute Gasteiger partial charge is 0.338 e. The Bertz CT molecular complexity index is 1400. The van der Waals surface area contributed by atoms with E-state index in [9.17, 15) is 14.7 Å². The van der Waals surface area contributed by atoms with Crippen molar-refractivity contribution in [2.75, 3.05) is 17.7 Å². The Morgan fingerprint density at radius 2 is 1.78 bits per heavy atom. The fourth-order valence-corrected chi connectivity index (χ4v) is 4.45. The van der Waals surface area contributed by atoms with Gasteiger partial charge in [0, 0.05) is 5.69 Å². The topological polar surface area (TPSA) is 106 Å². The maximum Gasteiger partial charge on any atom is 0.338 e. The summed E-state index contributed by atoms with van der Waals surface area (Å²) in [5.74, 6) is 0.0257. The largest absolute Gasteiger partial charge is 0.507 e. The first kappa shape index (κ1) is 25.0. The van der Waals surface area contributed by atoms with Crippen molar-refractivity contribution in [3.63, 3.8) is 0 Å². The lowest BCUT2D eigenvalue weighted by atomic mass is 10.1. The normalized spacial score (nSPS) is 10.8. The third-order valence-electron chi connectivity index (χ3n) is 5.38. The Hall–Kier alpha value is -4.11. The van der Waals surface area contributed by atoms with E-state index in [-0.39, 0.29) is 17.4 Å². The summed E-state index contributed by atoms with van der Waals surface area (Å²) in [4.78, 5) is 24.5. The fourth-order valence-electron chi connectivity index (χ4n) is 3.71. The molecule has 0 spiro atoms. The molecule has 8 nitrogen and oxygen atoms in total. The van der Waals surface area contributed by atoms with E-state index >= 15 is 0 Å². The number of hydrogen-bond acceptors (Lipinski definition) is 7. The van der Waals surface area contributed by atoms with E-state index in [0.29, 0.717) is 34.4 Å². The standard InChI is InChI=1S/C27H26N4O4S/c1-4-35-26(34)19-10-12-20(13-11-19)28-24(33)16-36-27-30-29-25(21-7-5-6-8-23(21)32)31(27)22-14-9-17(2)15-18(22)3/h5-15,32H,4,16H2,1-3H3,(H,28,33). The summed E-state index contributed by atoms with van der Waals surface area (Å²) < 4.78 is 6.84. The molecule has 184 valence electrons. The number of esters is 1. The highest BCUT2D eigenvalue weighted by atomic mass is 32.2. The number of rotatable bonds is 8. The number of hydrogen-bond donors (Lipinski definition) is 2. The van der Waals surface area contributed by atoms with Gasteiger partial charge in [0.2, 0.25) is 5.91 Å². The second-order valence-corrected chi connectivity index (χ2v) is 9.03. The van der Waals surface area contributed by atoms with Gasteiger partial charge in [0.05, 0.1) is 29.2 Å². The van der Waals surface area contributed by atoms with Gasteiger partial charge >= 0.3 is 5.97 Å². The Labute approximate surface area is 213 Å². The molecule has 0 saturated heterocycles. The number of aromatic nitrogens is 3. The molecule has 0 unspecified atom stereocenters. The molecular weight excluding hydrogens is 476 g/mol. The predicted octanol–water partition coefficient (Wildman–Crippen LogP) is 5.16. The number of ether oxygens (including phenoxy) is 1. The zero-order chi connectivity index (χ0) is 25.7. The van der Waals surface area contributed by atoms with E-state index in [1.165, 1.54) is 11.8 Å². The highest BCUT2D eigenvalue weighted by Gasteiger charge is 2.20. The van der Waals surface area contributed by atoms with Crippen LogP contribution in [0.2, 0.25) is 0 Å². The van der Waals surface area contributed by atoms with Gasteiger partial charge in [0.1, 0.15) is 5.75 Å². The number of phenols is 1. The van der Waals surface area contributed by atoms with E-state index in [2.05, 4.69) is 21.6 Å². The van der Waals surface area contributed by atoms with Crippen LogP contribution in [0.4, 0.5) is 5.69 Å². The first-order valence-electron chi connectivity index (χ1n) is 11.4. The molecule has 36 heavy (non-hydrogen) atoms. The van der Waals surface area contributed by atoms with Gasteiger partial charge in [0.25, 0.3) is 0 Å². The van der Waals surface area contributed by atoms with Crippen LogP contribution < -0.4 is 5.32 Å². The molecule has 4 aromatic rings. The second-order valence-electron chi connectivity index (χ2n) is 8.08. The van der Waals surface area contributed by atoms with E-state index in [4.69, 9.17) is 4.74 Å². The molecule has 0 atom stereocenters. The summed E-state index contributed by atoms with van der Waals surface area (Å²) in [5.41, 5.74) is 4.53. The van der Waals surface area contributed by atoms with Crippen molar-refractivity contribution >= 4 is 29.3 Å². The highest BCUT2D eigenvalue weighted by molar-refractivity contribution is 7.99. The van der Waals surface area contributed by atoms with Crippen molar-refractivity contribution in [3.05, 3.63) is 83.4 Å². The van der Waals surface area contributed by atoms with Gasteiger partial charge in [-0.05, 0) is 68.8 Å². The minimum atomic E-state index is -0.406. The lowest BCUT2D eigenvalue weighted by Gasteiger charge is -2.14. The highest BCUT2D eigenvalue weighted by Crippen LogP contribution is 2.33. The third kappa shape index (κ3) is 5.58. The Morgan fingerprint density at radius 3 is 2.47 bits per heavy atom. The van der Waals surface area contributed by atoms with E-state index in [1.807, 2.05) is 36.6 Å². The van der Waals surface area contributed by atoms with Crippen molar-refractivity contribution < 1.29 is 19.4 Å². The number of anilines is 1. The summed E-state index contributed by atoms with van der Waals surface area (Å²) in [7, 11) is 0. The minimum absolute atomic E-state index is 0.0867. The van der Waals surface area contributed by atoms with E-state index in [1.54, 1.807) is 49.4 Å². The van der Waals surface area contributed by atoms with Crippen molar-refractivity contribution in [2.24, 2.45) is 0 Å². The van der Waals surface area contributed by atoms with Crippen LogP contribution in [0.5, 0.6) is 5.75 Å². The van der Waals surface area contributed by atoms with Crippen LogP contribution >= 0.6 is 11.8 Å². The molecule has 0 aliphatic rings. The third-order valence-corrected chi connectivity index (χ3v) is 6.31. The molecule has 1 aromatic heterocycles. The summed E-state index contributed by atoms with van der Waals surface area (Å²) in [6, 6.07) is 19.5. The second kappa shape index (κ2) is 11.1. The number of phenolic OH excluding ortho intramolecular Hbond substituents is 1. The molecule has 2 N–H and O–H groups in total. The van der Waals surface area contributed by atoms with Gasteiger partial charge in [-0.2, -0.15) is 0 Å². The Kier molecular flexibility index (Phi) is 7.70. The zero-order valence-electron chi connectivity index (χ0n) is 20.2. The molecule has 0 aliphatic heterocycles. The van der Waals surface area contributed by atoms with Gasteiger partial charge in [-0.15, -0.1) is 10.2 Å². The van der Waals surface area contributed by atoms with Gasteiger partial charge in [-0.25, -0.2) is 4.79 Å². The number of amides is 1. The summed E-state index contributed by atoms with van der Waals surface area (Å²) in [5, 5.41) is 22.5. The number of carbonyl (C=O) groups excluding carboxylic acids is 2. The van der Waals surface area contributed by atoms with E-state index in [0.717, 1.165) is 16.8 Å². The molecule has 9 heteroatoms. The van der Waals surface area contributed by atoms with Crippen LogP contribution in [0.15, 0.2) is 71.9 Å². The number of aromatic hydroxyl groups is 1. The summed E-state index contributed by atoms with van der Waals surface area (Å²) in [6.45, 7) is 6.06. The van der Waals surface area contributed by atoms with Crippen molar-refractivity contribution in [1.29, 1.82) is 0 Å². The van der Waals surface area contributed by atoms with Crippen LogP contribution in [-0.4, -0.2) is 44.1 Å². The van der Waals surface area contributed by atoms with Crippen molar-refractivity contribution in [2.45, 2.75) is 25.9 Å². The van der Waals surface area contributed by atoms with Gasteiger partial charge in [-0.3, -0.25) is 9.36 Å². The van der Waals surface area contributed by atoms with Crippen molar-refractivity contribution in [3.8, 4) is 22.8 Å². The number of thioether (sulfide) groups is 1. The number of aryl methyl sites for hydroxylation is 2. The Balaban J connectivity index is 1.56. The van der Waals surface area contributed by atoms with E-state index < -0.39 is 5.97 Å². The number of carbonyl (C=O) groups is 2. The molecule has 0 saturated carbocycles. The monoisotopic (exact) mass is 502 g/mol. The van der Waals surface area contributed by atoms with Crippen LogP contribution in [0.1, 0.15) is 28.4 Å². The summed E-state index contributed by atoms with van der Waals surface area (Å²) >= 11 is 1.24.